The summed E-state index contributed by atoms with van der Waals surface area (Å²) in [7, 11) is 0. The molecule has 0 aliphatic carbocycles. The molecule has 0 saturated carbocycles. The molecule has 0 spiro atoms. The van der Waals surface area contributed by atoms with E-state index in [0.717, 1.165) is 21.7 Å². The first-order valence-electron chi connectivity index (χ1n) is 14.2. The molecule has 0 atom stereocenters. The van der Waals surface area contributed by atoms with E-state index >= 15 is 0 Å². The number of imidazole rings is 1. The fraction of sp³-hybridized carbons (Fsp3) is 0. The summed E-state index contributed by atoms with van der Waals surface area (Å²) in [6.07, 6.45) is 0. The largest absolute Gasteiger partial charge is 0.309 e. The van der Waals surface area contributed by atoms with Crippen molar-refractivity contribution in [1.29, 1.82) is 0 Å². The molecule has 0 radical (unpaired) electrons. The Morgan fingerprint density at radius 1 is 0.429 bits per heavy atom. The summed E-state index contributed by atoms with van der Waals surface area (Å²) in [5.74, 6) is 0. The average Bonchev–Trinajstić information content (AvgIpc) is 3.77. The predicted molar refractivity (Wildman–Crippen MR) is 177 cm³/mol. The number of fused-ring (bicyclic) bond motifs is 11. The number of thiazole rings is 1. The van der Waals surface area contributed by atoms with Crippen molar-refractivity contribution in [2.45, 2.75) is 0 Å². The lowest BCUT2D eigenvalue weighted by Gasteiger charge is -2.09. The maximum Gasteiger partial charge on any atom is 0.195 e. The normalized spacial score (nSPS) is 12.3. The number of aromatic nitrogens is 4. The molecule has 0 fully saturated rings. The summed E-state index contributed by atoms with van der Waals surface area (Å²) in [6.45, 7) is 0. The zero-order chi connectivity index (χ0) is 27.4. The Morgan fingerprint density at radius 2 is 0.905 bits per heavy atom. The van der Waals surface area contributed by atoms with Gasteiger partial charge in [0.15, 0.2) is 4.96 Å². The van der Waals surface area contributed by atoms with Crippen LogP contribution in [0.25, 0.3) is 81.2 Å². The molecule has 4 aromatic heterocycles. The Morgan fingerprint density at radius 3 is 1.45 bits per heavy atom. The van der Waals surface area contributed by atoms with Gasteiger partial charge in [0, 0.05) is 32.9 Å². The monoisotopic (exact) mass is 554 g/mol. The van der Waals surface area contributed by atoms with Crippen LogP contribution < -0.4 is 0 Å². The van der Waals surface area contributed by atoms with Crippen LogP contribution in [0.2, 0.25) is 0 Å². The highest BCUT2D eigenvalue weighted by Crippen LogP contribution is 2.37. The molecule has 196 valence electrons. The van der Waals surface area contributed by atoms with Gasteiger partial charge in [0.1, 0.15) is 0 Å². The second kappa shape index (κ2) is 8.09. The number of nitrogens with zero attached hydrogens (tertiary/aromatic N) is 4. The van der Waals surface area contributed by atoms with E-state index in [2.05, 4.69) is 147 Å². The minimum absolute atomic E-state index is 1.01. The van der Waals surface area contributed by atoms with Crippen molar-refractivity contribution in [3.63, 3.8) is 0 Å². The fourth-order valence-corrected chi connectivity index (χ4v) is 7.96. The highest BCUT2D eigenvalue weighted by molar-refractivity contribution is 7.23. The van der Waals surface area contributed by atoms with Gasteiger partial charge in [-0.15, -0.1) is 0 Å². The second-order valence-corrected chi connectivity index (χ2v) is 11.9. The minimum atomic E-state index is 1.01. The highest BCUT2D eigenvalue weighted by atomic mass is 32.1. The van der Waals surface area contributed by atoms with Crippen molar-refractivity contribution in [3.05, 3.63) is 133 Å². The third-order valence-corrected chi connectivity index (χ3v) is 9.67. The molecule has 0 bridgehead atoms. The molecule has 0 unspecified atom stereocenters. The molecule has 0 aliphatic heterocycles. The van der Waals surface area contributed by atoms with Gasteiger partial charge < -0.3 is 9.13 Å². The van der Waals surface area contributed by atoms with Crippen molar-refractivity contribution in [3.8, 4) is 11.4 Å². The fourth-order valence-electron chi connectivity index (χ4n) is 6.89. The maximum atomic E-state index is 5.06. The highest BCUT2D eigenvalue weighted by Gasteiger charge is 2.17. The first-order valence-corrected chi connectivity index (χ1v) is 15.0. The number of hydrogen-bond acceptors (Lipinski definition) is 2. The number of hydrogen-bond donors (Lipinski definition) is 0. The van der Waals surface area contributed by atoms with Crippen LogP contribution in [0.4, 0.5) is 0 Å². The van der Waals surface area contributed by atoms with E-state index in [-0.39, 0.29) is 0 Å². The van der Waals surface area contributed by atoms with E-state index in [4.69, 9.17) is 4.98 Å². The summed E-state index contributed by atoms with van der Waals surface area (Å²) < 4.78 is 8.30. The van der Waals surface area contributed by atoms with E-state index in [1.54, 1.807) is 11.3 Å². The standard InChI is InChI=1S/C37H22N4S/c1-5-13-30-25(9-1)26-10-2-6-14-31(26)39(30)23-17-19-29-35(21-23)41-34-20-18-24(22-36(34)42-37(41)38-29)40-32-15-7-3-11-27(32)28-12-4-8-16-33(28)40/h1-22H. The van der Waals surface area contributed by atoms with Gasteiger partial charge in [-0.2, -0.15) is 0 Å². The van der Waals surface area contributed by atoms with Gasteiger partial charge in [0.2, 0.25) is 0 Å². The van der Waals surface area contributed by atoms with E-state index in [1.165, 1.54) is 59.5 Å². The maximum absolute atomic E-state index is 5.06. The predicted octanol–water partition coefficient (Wildman–Crippen LogP) is 9.90. The third-order valence-electron chi connectivity index (χ3n) is 8.67. The van der Waals surface area contributed by atoms with Crippen molar-refractivity contribution in [2.75, 3.05) is 0 Å². The third kappa shape index (κ3) is 2.88. The van der Waals surface area contributed by atoms with Gasteiger partial charge in [0.05, 0.1) is 43.3 Å². The average molecular weight is 555 g/mol. The van der Waals surface area contributed by atoms with Crippen molar-refractivity contribution < 1.29 is 0 Å². The molecule has 4 nitrogen and oxygen atoms in total. The quantitative estimate of drug-likeness (QED) is 0.209. The molecule has 0 N–H and O–H groups in total. The van der Waals surface area contributed by atoms with Crippen LogP contribution >= 0.6 is 11.3 Å². The van der Waals surface area contributed by atoms with Crippen molar-refractivity contribution in [2.24, 2.45) is 0 Å². The molecule has 10 rings (SSSR count). The summed E-state index contributed by atoms with van der Waals surface area (Å²) in [5.41, 5.74) is 10.5. The number of benzene rings is 6. The molecular weight excluding hydrogens is 533 g/mol. The summed E-state index contributed by atoms with van der Waals surface area (Å²) >= 11 is 1.75. The van der Waals surface area contributed by atoms with Gasteiger partial charge in [-0.25, -0.2) is 4.98 Å². The summed E-state index contributed by atoms with van der Waals surface area (Å²) in [4.78, 5) is 6.07. The molecule has 42 heavy (non-hydrogen) atoms. The molecule has 0 amide bonds. The van der Waals surface area contributed by atoms with E-state index in [9.17, 15) is 0 Å². The molecule has 4 heterocycles. The van der Waals surface area contributed by atoms with Crippen molar-refractivity contribution >= 4 is 81.2 Å². The Balaban J connectivity index is 1.21. The number of rotatable bonds is 2. The topological polar surface area (TPSA) is 27.2 Å². The zero-order valence-corrected chi connectivity index (χ0v) is 23.2. The molecule has 0 saturated heterocycles. The lowest BCUT2D eigenvalue weighted by atomic mass is 10.2. The van der Waals surface area contributed by atoms with Crippen molar-refractivity contribution in [1.82, 2.24) is 18.5 Å². The number of para-hydroxylation sites is 4. The van der Waals surface area contributed by atoms with Gasteiger partial charge in [-0.05, 0) is 60.7 Å². The molecular formula is C37H22N4S. The summed E-state index contributed by atoms with van der Waals surface area (Å²) in [5, 5.41) is 5.09. The SMILES string of the molecule is c1ccc2c(c1)c1ccccc1n2-c1ccc2c(c1)sc1nc3ccc(-n4c5ccccc5c5ccccc54)cc3n12. The molecule has 0 aliphatic rings. The molecule has 6 aromatic carbocycles. The first kappa shape index (κ1) is 22.3. The Kier molecular flexibility index (Phi) is 4.30. The van der Waals surface area contributed by atoms with Crippen LogP contribution in [0.5, 0.6) is 0 Å². The smallest absolute Gasteiger partial charge is 0.195 e. The van der Waals surface area contributed by atoms with Gasteiger partial charge in [0.25, 0.3) is 0 Å². The Labute approximate surface area is 243 Å². The Bertz CT molecular complexity index is 2590. The molecule has 10 aromatic rings. The first-order chi connectivity index (χ1) is 20.8. The van der Waals surface area contributed by atoms with Crippen LogP contribution in [0.1, 0.15) is 0 Å². The van der Waals surface area contributed by atoms with E-state index in [0.29, 0.717) is 0 Å². The lowest BCUT2D eigenvalue weighted by Crippen LogP contribution is -1.94. The minimum Gasteiger partial charge on any atom is -0.309 e. The van der Waals surface area contributed by atoms with Gasteiger partial charge in [-0.3, -0.25) is 4.40 Å². The van der Waals surface area contributed by atoms with E-state index < -0.39 is 0 Å². The Hall–Kier alpha value is -5.39. The van der Waals surface area contributed by atoms with Crippen LogP contribution in [-0.4, -0.2) is 18.5 Å². The van der Waals surface area contributed by atoms with Crippen LogP contribution in [-0.2, 0) is 0 Å². The van der Waals surface area contributed by atoms with Crippen LogP contribution in [0.3, 0.4) is 0 Å². The zero-order valence-electron chi connectivity index (χ0n) is 22.4. The van der Waals surface area contributed by atoms with Crippen LogP contribution in [0, 0.1) is 0 Å². The second-order valence-electron chi connectivity index (χ2n) is 10.9. The molecule has 5 heteroatoms. The van der Waals surface area contributed by atoms with Crippen LogP contribution in [0.15, 0.2) is 133 Å². The van der Waals surface area contributed by atoms with Gasteiger partial charge in [-0.1, -0.05) is 84.1 Å². The van der Waals surface area contributed by atoms with E-state index in [1.807, 2.05) is 0 Å². The lowest BCUT2D eigenvalue weighted by molar-refractivity contribution is 1.18. The summed E-state index contributed by atoms with van der Waals surface area (Å²) in [6, 6.07) is 48.1. The van der Waals surface area contributed by atoms with Gasteiger partial charge >= 0.3 is 0 Å².